The number of thiazole rings is 1. The van der Waals surface area contributed by atoms with Crippen molar-refractivity contribution in [2.45, 2.75) is 39.4 Å². The molecule has 1 fully saturated rings. The zero-order chi connectivity index (χ0) is 16.4. The minimum atomic E-state index is 0.847. The highest BCUT2D eigenvalue weighted by molar-refractivity contribution is 7.15. The molecule has 0 amide bonds. The molecule has 4 nitrogen and oxygen atoms in total. The second kappa shape index (κ2) is 7.05. The predicted molar refractivity (Wildman–Crippen MR) is 99.3 cm³/mol. The average molecular weight is 340 g/mol. The van der Waals surface area contributed by atoms with Crippen LogP contribution in [-0.4, -0.2) is 27.4 Å². The Balaban J connectivity index is 1.37. The molecule has 3 aromatic rings. The number of rotatable bonds is 6. The number of hydrogen-bond donors (Lipinski definition) is 1. The number of benzene rings is 1. The number of aromatic nitrogens is 2. The largest absolute Gasteiger partial charge is 0.307 e. The molecule has 0 spiro atoms. The maximum atomic E-state index is 4.61. The van der Waals surface area contributed by atoms with Crippen LogP contribution in [0.3, 0.4) is 0 Å². The van der Waals surface area contributed by atoms with Gasteiger partial charge in [0.05, 0.1) is 11.4 Å². The summed E-state index contributed by atoms with van der Waals surface area (Å²) in [6.07, 6.45) is 4.81. The number of fused-ring (bicyclic) bond motifs is 1. The number of aryl methyl sites for hydroxylation is 1. The molecular formula is C19H24N4S. The van der Waals surface area contributed by atoms with Crippen molar-refractivity contribution < 1.29 is 0 Å². The van der Waals surface area contributed by atoms with Gasteiger partial charge in [-0.3, -0.25) is 9.30 Å². The van der Waals surface area contributed by atoms with Gasteiger partial charge in [0.15, 0.2) is 4.96 Å². The van der Waals surface area contributed by atoms with Crippen molar-refractivity contribution in [3.05, 3.63) is 58.4 Å². The Bertz CT molecular complexity index is 814. The van der Waals surface area contributed by atoms with Gasteiger partial charge >= 0.3 is 0 Å². The zero-order valence-corrected chi connectivity index (χ0v) is 15.0. The molecule has 0 atom stereocenters. The van der Waals surface area contributed by atoms with Crippen LogP contribution in [0.25, 0.3) is 4.96 Å². The first-order chi connectivity index (χ1) is 11.8. The molecule has 1 saturated heterocycles. The van der Waals surface area contributed by atoms with Crippen molar-refractivity contribution in [1.82, 2.24) is 19.6 Å². The lowest BCUT2D eigenvalue weighted by Crippen LogP contribution is -2.19. The van der Waals surface area contributed by atoms with Gasteiger partial charge in [-0.05, 0) is 44.0 Å². The third-order valence-electron chi connectivity index (χ3n) is 4.78. The molecule has 24 heavy (non-hydrogen) atoms. The quantitative estimate of drug-likeness (QED) is 0.744. The molecule has 1 aromatic carbocycles. The van der Waals surface area contributed by atoms with Gasteiger partial charge in [0, 0.05) is 31.2 Å². The number of likely N-dealkylation sites (tertiary alicyclic amines) is 1. The van der Waals surface area contributed by atoms with E-state index >= 15 is 0 Å². The second-order valence-electron chi connectivity index (χ2n) is 6.61. The molecule has 1 N–H and O–H groups in total. The summed E-state index contributed by atoms with van der Waals surface area (Å²) in [7, 11) is 0. The lowest BCUT2D eigenvalue weighted by atomic mass is 10.1. The molecule has 1 aliphatic heterocycles. The molecule has 0 aliphatic carbocycles. The SMILES string of the molecule is Cc1nc2sccn2c1CNCc1cccc(CN2CCCC2)c1. The number of nitrogens with one attached hydrogen (secondary N) is 1. The van der Waals surface area contributed by atoms with Gasteiger partial charge in [-0.2, -0.15) is 0 Å². The van der Waals surface area contributed by atoms with E-state index in [4.69, 9.17) is 0 Å². The van der Waals surface area contributed by atoms with Crippen LogP contribution in [0, 0.1) is 6.92 Å². The molecule has 0 radical (unpaired) electrons. The van der Waals surface area contributed by atoms with Gasteiger partial charge in [0.1, 0.15) is 0 Å². The molecule has 126 valence electrons. The van der Waals surface area contributed by atoms with Gasteiger partial charge in [0.25, 0.3) is 0 Å². The van der Waals surface area contributed by atoms with Crippen LogP contribution in [0.15, 0.2) is 35.8 Å². The number of imidazole rings is 1. The van der Waals surface area contributed by atoms with Crippen LogP contribution in [0.2, 0.25) is 0 Å². The lowest BCUT2D eigenvalue weighted by Gasteiger charge is -2.15. The van der Waals surface area contributed by atoms with Crippen LogP contribution in [0.4, 0.5) is 0 Å². The minimum absolute atomic E-state index is 0.847. The fourth-order valence-corrected chi connectivity index (χ4v) is 4.29. The van der Waals surface area contributed by atoms with Crippen LogP contribution in [0.5, 0.6) is 0 Å². The first kappa shape index (κ1) is 15.8. The topological polar surface area (TPSA) is 32.6 Å². The van der Waals surface area contributed by atoms with E-state index < -0.39 is 0 Å². The van der Waals surface area contributed by atoms with Gasteiger partial charge in [-0.25, -0.2) is 4.98 Å². The Kier molecular flexibility index (Phi) is 4.65. The molecule has 0 saturated carbocycles. The van der Waals surface area contributed by atoms with E-state index in [9.17, 15) is 0 Å². The monoisotopic (exact) mass is 340 g/mol. The Labute approximate surface area is 147 Å². The molecule has 0 bridgehead atoms. The Hall–Kier alpha value is -1.69. The summed E-state index contributed by atoms with van der Waals surface area (Å²) < 4.78 is 2.19. The van der Waals surface area contributed by atoms with E-state index in [1.54, 1.807) is 11.3 Å². The molecule has 2 aromatic heterocycles. The summed E-state index contributed by atoms with van der Waals surface area (Å²) >= 11 is 1.69. The Morgan fingerprint density at radius 2 is 2.00 bits per heavy atom. The van der Waals surface area contributed by atoms with Crippen molar-refractivity contribution in [1.29, 1.82) is 0 Å². The van der Waals surface area contributed by atoms with E-state index in [1.165, 1.54) is 42.8 Å². The standard InChI is InChI=1S/C19H24N4S/c1-15-18(23-9-10-24-19(23)21-15)13-20-12-16-5-4-6-17(11-16)14-22-7-2-3-8-22/h4-6,9-11,20H,2-3,7-8,12-14H2,1H3. The molecule has 5 heteroatoms. The first-order valence-corrected chi connectivity index (χ1v) is 9.59. The second-order valence-corrected chi connectivity index (χ2v) is 7.48. The highest BCUT2D eigenvalue weighted by atomic mass is 32.1. The van der Waals surface area contributed by atoms with Crippen LogP contribution < -0.4 is 5.32 Å². The first-order valence-electron chi connectivity index (χ1n) is 8.71. The van der Waals surface area contributed by atoms with Crippen molar-refractivity contribution in [3.63, 3.8) is 0 Å². The third kappa shape index (κ3) is 3.38. The lowest BCUT2D eigenvalue weighted by molar-refractivity contribution is 0.331. The highest BCUT2D eigenvalue weighted by Gasteiger charge is 2.12. The van der Waals surface area contributed by atoms with Crippen LogP contribution in [-0.2, 0) is 19.6 Å². The fraction of sp³-hybridized carbons (Fsp3) is 0.421. The minimum Gasteiger partial charge on any atom is -0.307 e. The summed E-state index contributed by atoms with van der Waals surface area (Å²) in [5.74, 6) is 0. The van der Waals surface area contributed by atoms with Crippen molar-refractivity contribution >= 4 is 16.3 Å². The van der Waals surface area contributed by atoms with Crippen molar-refractivity contribution in [3.8, 4) is 0 Å². The van der Waals surface area contributed by atoms with E-state index in [0.717, 1.165) is 30.3 Å². The molecular weight excluding hydrogens is 316 g/mol. The van der Waals surface area contributed by atoms with Gasteiger partial charge < -0.3 is 5.32 Å². The number of hydrogen-bond acceptors (Lipinski definition) is 4. The summed E-state index contributed by atoms with van der Waals surface area (Å²) in [6.45, 7) is 7.42. The summed E-state index contributed by atoms with van der Waals surface area (Å²) in [6, 6.07) is 8.99. The van der Waals surface area contributed by atoms with Crippen LogP contribution in [0.1, 0.15) is 35.4 Å². The van der Waals surface area contributed by atoms with Crippen molar-refractivity contribution in [2.75, 3.05) is 13.1 Å². The third-order valence-corrected chi connectivity index (χ3v) is 5.54. The van der Waals surface area contributed by atoms with Gasteiger partial charge in [-0.1, -0.05) is 24.3 Å². The normalized spacial score (nSPS) is 15.5. The Morgan fingerprint density at radius 3 is 2.88 bits per heavy atom. The van der Waals surface area contributed by atoms with Gasteiger partial charge in [0.2, 0.25) is 0 Å². The Morgan fingerprint density at radius 1 is 1.17 bits per heavy atom. The van der Waals surface area contributed by atoms with E-state index in [0.29, 0.717) is 0 Å². The average Bonchev–Trinajstić information content (AvgIpc) is 3.28. The molecule has 3 heterocycles. The number of nitrogens with zero attached hydrogens (tertiary/aromatic N) is 3. The summed E-state index contributed by atoms with van der Waals surface area (Å²) in [5, 5.41) is 5.67. The van der Waals surface area contributed by atoms with Crippen molar-refractivity contribution in [2.24, 2.45) is 0 Å². The molecule has 4 rings (SSSR count). The summed E-state index contributed by atoms with van der Waals surface area (Å²) in [5.41, 5.74) is 5.17. The fourth-order valence-electron chi connectivity index (χ4n) is 3.52. The molecule has 1 aliphatic rings. The zero-order valence-electron chi connectivity index (χ0n) is 14.2. The maximum Gasteiger partial charge on any atom is 0.194 e. The maximum absolute atomic E-state index is 4.61. The molecule has 0 unspecified atom stereocenters. The summed E-state index contributed by atoms with van der Waals surface area (Å²) in [4.78, 5) is 8.24. The van der Waals surface area contributed by atoms with Crippen LogP contribution >= 0.6 is 11.3 Å². The van der Waals surface area contributed by atoms with E-state index in [2.05, 4.69) is 62.4 Å². The van der Waals surface area contributed by atoms with E-state index in [-0.39, 0.29) is 0 Å². The van der Waals surface area contributed by atoms with Gasteiger partial charge in [-0.15, -0.1) is 11.3 Å². The highest BCUT2D eigenvalue weighted by Crippen LogP contribution is 2.17. The van der Waals surface area contributed by atoms with E-state index in [1.807, 2.05) is 0 Å². The smallest absolute Gasteiger partial charge is 0.194 e. The predicted octanol–water partition coefficient (Wildman–Crippen LogP) is 3.59.